The smallest absolute Gasteiger partial charge is 0.358 e. The van der Waals surface area contributed by atoms with E-state index in [4.69, 9.17) is 5.73 Å². The molecule has 2 N–H and O–H groups in total. The maximum absolute atomic E-state index is 12.5. The van der Waals surface area contributed by atoms with Gasteiger partial charge >= 0.3 is 5.82 Å². The number of aromatic nitrogens is 1. The predicted octanol–water partition coefficient (Wildman–Crippen LogP) is 1.99. The van der Waals surface area contributed by atoms with Gasteiger partial charge in [-0.25, -0.2) is 8.78 Å². The normalized spacial score (nSPS) is 10.7. The summed E-state index contributed by atoms with van der Waals surface area (Å²) in [6, 6.07) is 1.31. The lowest BCUT2D eigenvalue weighted by molar-refractivity contribution is -0.391. The zero-order chi connectivity index (χ0) is 11.6. The van der Waals surface area contributed by atoms with Crippen LogP contribution in [0.1, 0.15) is 17.7 Å². The molecular formula is C7H6F2IN3O2. The zero-order valence-electron chi connectivity index (χ0n) is 7.28. The van der Waals surface area contributed by atoms with Crippen LogP contribution >= 0.6 is 22.6 Å². The molecule has 0 aliphatic carbocycles. The summed E-state index contributed by atoms with van der Waals surface area (Å²) in [7, 11) is 0. The van der Waals surface area contributed by atoms with Crippen molar-refractivity contribution in [2.75, 3.05) is 0 Å². The number of halogens is 3. The Morgan fingerprint density at radius 2 is 2.27 bits per heavy atom. The lowest BCUT2D eigenvalue weighted by Gasteiger charge is -2.04. The van der Waals surface area contributed by atoms with Gasteiger partial charge in [-0.1, -0.05) is 0 Å². The molecular weight excluding hydrogens is 323 g/mol. The number of nitro groups is 1. The van der Waals surface area contributed by atoms with Crippen molar-refractivity contribution in [3.8, 4) is 0 Å². The van der Waals surface area contributed by atoms with Gasteiger partial charge in [-0.2, -0.15) is 0 Å². The van der Waals surface area contributed by atoms with E-state index in [-0.39, 0.29) is 15.8 Å². The van der Waals surface area contributed by atoms with Crippen molar-refractivity contribution in [1.29, 1.82) is 0 Å². The number of alkyl halides is 2. The summed E-state index contributed by atoms with van der Waals surface area (Å²) in [5, 5.41) is 10.5. The maximum atomic E-state index is 12.5. The SMILES string of the molecule is NCc1cc(I)c(C(F)F)c([N+](=O)[O-])n1. The molecule has 0 bridgehead atoms. The van der Waals surface area contributed by atoms with E-state index in [1.54, 1.807) is 22.6 Å². The van der Waals surface area contributed by atoms with Gasteiger partial charge in [0.2, 0.25) is 0 Å². The number of pyridine rings is 1. The number of nitrogens with two attached hydrogens (primary N) is 1. The van der Waals surface area contributed by atoms with Crippen molar-refractivity contribution >= 4 is 28.4 Å². The van der Waals surface area contributed by atoms with Crippen molar-refractivity contribution in [3.63, 3.8) is 0 Å². The highest BCUT2D eigenvalue weighted by Gasteiger charge is 2.27. The average Bonchev–Trinajstić information content (AvgIpc) is 2.15. The molecule has 5 nitrogen and oxygen atoms in total. The molecule has 1 rings (SSSR count). The van der Waals surface area contributed by atoms with Gasteiger partial charge in [-0.15, -0.1) is 0 Å². The first-order valence-electron chi connectivity index (χ1n) is 3.79. The Bertz CT molecular complexity index is 400. The standard InChI is InChI=1S/C7H6F2IN3O2/c8-6(9)5-4(10)1-3(2-11)12-7(5)13(14)15/h1,6H,2,11H2. The molecule has 8 heteroatoms. The van der Waals surface area contributed by atoms with Gasteiger partial charge in [-0.3, -0.25) is 0 Å². The highest BCUT2D eigenvalue weighted by Crippen LogP contribution is 2.31. The Kier molecular flexibility index (Phi) is 3.85. The van der Waals surface area contributed by atoms with E-state index in [1.165, 1.54) is 6.07 Å². The summed E-state index contributed by atoms with van der Waals surface area (Å²) in [6.45, 7) is -0.0274. The van der Waals surface area contributed by atoms with Crippen LogP contribution in [0.4, 0.5) is 14.6 Å². The van der Waals surface area contributed by atoms with E-state index < -0.39 is 22.7 Å². The molecule has 82 valence electrons. The van der Waals surface area contributed by atoms with E-state index in [2.05, 4.69) is 4.98 Å². The molecule has 0 amide bonds. The molecule has 0 unspecified atom stereocenters. The second kappa shape index (κ2) is 4.75. The fraction of sp³-hybridized carbons (Fsp3) is 0.286. The molecule has 15 heavy (non-hydrogen) atoms. The molecule has 1 aromatic rings. The van der Waals surface area contributed by atoms with E-state index >= 15 is 0 Å². The minimum atomic E-state index is -2.92. The molecule has 1 aromatic heterocycles. The molecule has 0 aliphatic heterocycles. The van der Waals surface area contributed by atoms with Gasteiger partial charge in [-0.05, 0) is 32.5 Å². The molecule has 0 radical (unpaired) electrons. The third-order valence-electron chi connectivity index (χ3n) is 1.64. The minimum absolute atomic E-state index is 0.0274. The zero-order valence-corrected chi connectivity index (χ0v) is 9.44. The Balaban J connectivity index is 3.42. The summed E-state index contributed by atoms with van der Waals surface area (Å²) in [6.07, 6.45) is -2.92. The van der Waals surface area contributed by atoms with Gasteiger partial charge in [0.25, 0.3) is 6.43 Å². The fourth-order valence-electron chi connectivity index (χ4n) is 1.00. The number of hydrogen-bond acceptors (Lipinski definition) is 4. The van der Waals surface area contributed by atoms with Crippen molar-refractivity contribution in [2.45, 2.75) is 13.0 Å². The highest BCUT2D eigenvalue weighted by molar-refractivity contribution is 14.1. The van der Waals surface area contributed by atoms with Crippen LogP contribution in [0.3, 0.4) is 0 Å². The van der Waals surface area contributed by atoms with Crippen LogP contribution in [-0.4, -0.2) is 9.91 Å². The second-order valence-corrected chi connectivity index (χ2v) is 3.76. The molecule has 0 aliphatic rings. The van der Waals surface area contributed by atoms with Gasteiger partial charge < -0.3 is 15.8 Å². The number of rotatable bonds is 3. The minimum Gasteiger partial charge on any atom is -0.358 e. The van der Waals surface area contributed by atoms with E-state index in [0.29, 0.717) is 0 Å². The first kappa shape index (κ1) is 12.2. The van der Waals surface area contributed by atoms with Crippen LogP contribution in [0.25, 0.3) is 0 Å². The molecule has 0 spiro atoms. The van der Waals surface area contributed by atoms with Crippen LogP contribution in [0.15, 0.2) is 6.07 Å². The Morgan fingerprint density at radius 3 is 2.67 bits per heavy atom. The molecule has 0 fully saturated rings. The molecule has 0 saturated carbocycles. The Labute approximate surface area is 97.0 Å². The second-order valence-electron chi connectivity index (χ2n) is 2.59. The van der Waals surface area contributed by atoms with Gasteiger partial charge in [0.15, 0.2) is 5.69 Å². The topological polar surface area (TPSA) is 82.0 Å². The summed E-state index contributed by atoms with van der Waals surface area (Å²) in [5.41, 5.74) is 4.80. The highest BCUT2D eigenvalue weighted by atomic mass is 127. The fourth-order valence-corrected chi connectivity index (χ4v) is 1.84. The third kappa shape index (κ3) is 2.56. The van der Waals surface area contributed by atoms with Crippen molar-refractivity contribution in [3.05, 3.63) is 31.0 Å². The lowest BCUT2D eigenvalue weighted by atomic mass is 10.2. The molecule has 0 saturated heterocycles. The van der Waals surface area contributed by atoms with Crippen LogP contribution in [0.2, 0.25) is 0 Å². The van der Waals surface area contributed by atoms with Crippen molar-refractivity contribution in [1.82, 2.24) is 4.98 Å². The van der Waals surface area contributed by atoms with Crippen LogP contribution in [0.5, 0.6) is 0 Å². The quantitative estimate of drug-likeness (QED) is 0.522. The molecule has 0 aromatic carbocycles. The van der Waals surface area contributed by atoms with Crippen molar-refractivity contribution < 1.29 is 13.7 Å². The molecule has 1 heterocycles. The average molecular weight is 329 g/mol. The van der Waals surface area contributed by atoms with Gasteiger partial charge in [0.05, 0.1) is 6.54 Å². The van der Waals surface area contributed by atoms with Crippen molar-refractivity contribution in [2.24, 2.45) is 5.73 Å². The summed E-state index contributed by atoms with van der Waals surface area (Å²) < 4.78 is 25.1. The first-order valence-corrected chi connectivity index (χ1v) is 4.87. The lowest BCUT2D eigenvalue weighted by Crippen LogP contribution is -2.07. The third-order valence-corrected chi connectivity index (χ3v) is 2.53. The van der Waals surface area contributed by atoms with Gasteiger partial charge in [0.1, 0.15) is 5.56 Å². The summed E-state index contributed by atoms with van der Waals surface area (Å²) >= 11 is 1.60. The largest absolute Gasteiger partial charge is 0.373 e. The van der Waals surface area contributed by atoms with E-state index in [9.17, 15) is 18.9 Å². The predicted molar refractivity (Wildman–Crippen MR) is 56.5 cm³/mol. The van der Waals surface area contributed by atoms with Crippen LogP contribution in [0, 0.1) is 13.7 Å². The first-order chi connectivity index (χ1) is 6.97. The van der Waals surface area contributed by atoms with E-state index in [1.807, 2.05) is 0 Å². The number of nitrogens with zero attached hydrogens (tertiary/aromatic N) is 2. The maximum Gasteiger partial charge on any atom is 0.373 e. The Hall–Kier alpha value is -0.900. The van der Waals surface area contributed by atoms with Crippen LogP contribution < -0.4 is 5.73 Å². The molecule has 0 atom stereocenters. The summed E-state index contributed by atoms with van der Waals surface area (Å²) in [5.74, 6) is -0.822. The van der Waals surface area contributed by atoms with Gasteiger partial charge in [0, 0.05) is 9.64 Å². The summed E-state index contributed by atoms with van der Waals surface area (Å²) in [4.78, 5) is 13.0. The van der Waals surface area contributed by atoms with Crippen LogP contribution in [-0.2, 0) is 6.54 Å². The monoisotopic (exact) mass is 329 g/mol. The van der Waals surface area contributed by atoms with E-state index in [0.717, 1.165) is 0 Å². The Morgan fingerprint density at radius 1 is 1.67 bits per heavy atom. The number of hydrogen-bond donors (Lipinski definition) is 1.